The Morgan fingerprint density at radius 3 is 2.14 bits per heavy atom. The topological polar surface area (TPSA) is 307 Å². The van der Waals surface area contributed by atoms with Gasteiger partial charge in [-0.25, -0.2) is 9.78 Å². The molecule has 14 N–H and O–H groups in total. The number of nitrogens with zero attached hydrogens (tertiary/aromatic N) is 2. The molecule has 1 aromatic heterocycles. The molecule has 206 valence electrons. The van der Waals surface area contributed by atoms with Gasteiger partial charge in [-0.3, -0.25) is 24.2 Å². The Morgan fingerprint density at radius 2 is 1.59 bits per heavy atom. The second-order valence-corrected chi connectivity index (χ2v) is 8.05. The Hall–Kier alpha value is -4.25. The first kappa shape index (κ1) is 30.8. The fraction of sp³-hybridized carbons (Fsp3) is 0.550. The molecule has 0 radical (unpaired) electrons. The van der Waals surface area contributed by atoms with Crippen molar-refractivity contribution in [3.05, 3.63) is 18.2 Å². The zero-order valence-electron chi connectivity index (χ0n) is 20.1. The summed E-state index contributed by atoms with van der Waals surface area (Å²) in [5.74, 6) is -4.72. The zero-order valence-corrected chi connectivity index (χ0v) is 20.1. The second kappa shape index (κ2) is 15.7. The largest absolute Gasteiger partial charge is 0.480 e. The standard InChI is InChI=1S/C20H34N10O7/c21-11(3-4-15(22)32)16(33)30-14(8-31)18(35)29-13(6-10-7-25-9-27-10)17(34)28-12(19(36)37)2-1-5-26-20(23)24/h7,9,11-14,31H,1-6,8,21H2,(H2,22,32)(H,25,27)(H,28,34)(H,29,35)(H,30,33)(H,36,37)(H4,23,24,26). The van der Waals surface area contributed by atoms with Crippen LogP contribution in [0.1, 0.15) is 31.4 Å². The molecule has 1 rings (SSSR count). The summed E-state index contributed by atoms with van der Waals surface area (Å²) >= 11 is 0. The van der Waals surface area contributed by atoms with Crippen LogP contribution in [-0.4, -0.2) is 93.1 Å². The molecule has 4 amide bonds. The highest BCUT2D eigenvalue weighted by Crippen LogP contribution is 2.04. The van der Waals surface area contributed by atoms with Crippen LogP contribution in [0.5, 0.6) is 0 Å². The number of aliphatic imine (C=N–C) groups is 1. The van der Waals surface area contributed by atoms with E-state index in [9.17, 15) is 34.2 Å². The van der Waals surface area contributed by atoms with Gasteiger partial charge in [-0.05, 0) is 19.3 Å². The Balaban J connectivity index is 2.91. The molecular formula is C20H34N10O7. The van der Waals surface area contributed by atoms with E-state index in [4.69, 9.17) is 22.9 Å². The molecule has 4 atom stereocenters. The van der Waals surface area contributed by atoms with Crippen molar-refractivity contribution in [2.45, 2.75) is 56.3 Å². The van der Waals surface area contributed by atoms with Crippen molar-refractivity contribution in [2.75, 3.05) is 13.2 Å². The summed E-state index contributed by atoms with van der Waals surface area (Å²) < 4.78 is 0. The normalized spacial score (nSPS) is 13.9. The van der Waals surface area contributed by atoms with Crippen LogP contribution >= 0.6 is 0 Å². The first-order chi connectivity index (χ1) is 17.4. The van der Waals surface area contributed by atoms with E-state index in [0.717, 1.165) is 0 Å². The van der Waals surface area contributed by atoms with E-state index < -0.39 is 60.4 Å². The first-order valence-corrected chi connectivity index (χ1v) is 11.3. The third-order valence-electron chi connectivity index (χ3n) is 5.03. The van der Waals surface area contributed by atoms with Crippen molar-refractivity contribution >= 4 is 35.6 Å². The lowest BCUT2D eigenvalue weighted by Gasteiger charge is -2.24. The molecule has 4 unspecified atom stereocenters. The van der Waals surface area contributed by atoms with Gasteiger partial charge in [-0.1, -0.05) is 0 Å². The van der Waals surface area contributed by atoms with E-state index in [1.165, 1.54) is 12.5 Å². The average molecular weight is 527 g/mol. The van der Waals surface area contributed by atoms with Crippen molar-refractivity contribution in [1.82, 2.24) is 25.9 Å². The highest BCUT2D eigenvalue weighted by atomic mass is 16.4. The number of hydrogen-bond donors (Lipinski definition) is 10. The number of aromatic nitrogens is 2. The zero-order chi connectivity index (χ0) is 28.0. The Morgan fingerprint density at radius 1 is 0.973 bits per heavy atom. The number of nitrogens with one attached hydrogen (secondary N) is 4. The number of nitrogens with two attached hydrogens (primary N) is 4. The molecule has 0 spiro atoms. The minimum atomic E-state index is -1.49. The molecule has 0 aliphatic heterocycles. The highest BCUT2D eigenvalue weighted by Gasteiger charge is 2.30. The summed E-state index contributed by atoms with van der Waals surface area (Å²) in [6, 6.07) is -5.27. The second-order valence-electron chi connectivity index (χ2n) is 8.05. The first-order valence-electron chi connectivity index (χ1n) is 11.3. The van der Waals surface area contributed by atoms with E-state index in [-0.39, 0.29) is 44.6 Å². The van der Waals surface area contributed by atoms with Crippen LogP contribution in [0.3, 0.4) is 0 Å². The fourth-order valence-electron chi connectivity index (χ4n) is 3.03. The van der Waals surface area contributed by atoms with Crippen LogP contribution in [0.25, 0.3) is 0 Å². The molecule has 0 saturated carbocycles. The number of guanidine groups is 1. The predicted octanol–water partition coefficient (Wildman–Crippen LogP) is -4.87. The Labute approximate surface area is 211 Å². The summed E-state index contributed by atoms with van der Waals surface area (Å²) in [6.45, 7) is -0.684. The number of H-pyrrole nitrogens is 1. The van der Waals surface area contributed by atoms with Gasteiger partial charge in [-0.2, -0.15) is 0 Å². The number of carboxylic acids is 1. The van der Waals surface area contributed by atoms with Crippen molar-refractivity contribution in [3.63, 3.8) is 0 Å². The number of aliphatic carboxylic acids is 1. The monoisotopic (exact) mass is 526 g/mol. The average Bonchev–Trinajstić information content (AvgIpc) is 3.34. The molecule has 17 heteroatoms. The molecule has 1 aromatic rings. The van der Waals surface area contributed by atoms with Crippen LogP contribution in [0, 0.1) is 0 Å². The molecule has 37 heavy (non-hydrogen) atoms. The van der Waals surface area contributed by atoms with Gasteiger partial charge in [0.1, 0.15) is 18.1 Å². The molecular weight excluding hydrogens is 492 g/mol. The number of amides is 4. The number of aliphatic hydroxyl groups excluding tert-OH is 1. The van der Waals surface area contributed by atoms with Crippen molar-refractivity contribution < 1.29 is 34.2 Å². The van der Waals surface area contributed by atoms with Gasteiger partial charge >= 0.3 is 5.97 Å². The molecule has 0 fully saturated rings. The maximum atomic E-state index is 12.9. The quantitative estimate of drug-likeness (QED) is 0.0521. The molecule has 0 aliphatic carbocycles. The van der Waals surface area contributed by atoms with Crippen molar-refractivity contribution in [3.8, 4) is 0 Å². The third-order valence-corrected chi connectivity index (χ3v) is 5.03. The van der Waals surface area contributed by atoms with Gasteiger partial charge < -0.3 is 54.1 Å². The smallest absolute Gasteiger partial charge is 0.326 e. The number of aromatic amines is 1. The number of primary amides is 1. The van der Waals surface area contributed by atoms with Gasteiger partial charge in [0.25, 0.3) is 0 Å². The molecule has 0 aromatic carbocycles. The molecule has 17 nitrogen and oxygen atoms in total. The maximum Gasteiger partial charge on any atom is 0.326 e. The maximum absolute atomic E-state index is 12.9. The van der Waals surface area contributed by atoms with Gasteiger partial charge in [0, 0.05) is 31.3 Å². The molecule has 0 aliphatic rings. The summed E-state index contributed by atoms with van der Waals surface area (Å²) in [5, 5.41) is 26.1. The number of carbonyl (C=O) groups is 5. The number of carbonyl (C=O) groups excluding carboxylic acids is 4. The van der Waals surface area contributed by atoms with E-state index in [1.54, 1.807) is 0 Å². The SMILES string of the molecule is NC(=O)CCC(N)C(=O)NC(CO)C(=O)NC(Cc1cnc[nH]1)C(=O)NC(CCCN=C(N)N)C(=O)O. The van der Waals surface area contributed by atoms with Gasteiger partial charge in [-0.15, -0.1) is 0 Å². The van der Waals surface area contributed by atoms with Crippen LogP contribution < -0.4 is 38.9 Å². The predicted molar refractivity (Wildman–Crippen MR) is 129 cm³/mol. The summed E-state index contributed by atoms with van der Waals surface area (Å²) in [5.41, 5.74) is 21.6. The van der Waals surface area contributed by atoms with E-state index >= 15 is 0 Å². The highest BCUT2D eigenvalue weighted by molar-refractivity contribution is 5.94. The lowest BCUT2D eigenvalue weighted by Crippen LogP contribution is -2.58. The molecule has 0 saturated heterocycles. The Bertz CT molecular complexity index is 949. The summed E-state index contributed by atoms with van der Waals surface area (Å²) in [4.78, 5) is 70.8. The number of rotatable bonds is 17. The Kier molecular flexibility index (Phi) is 13.0. The van der Waals surface area contributed by atoms with Crippen molar-refractivity contribution in [2.24, 2.45) is 27.9 Å². The fourth-order valence-corrected chi connectivity index (χ4v) is 3.03. The van der Waals surface area contributed by atoms with Crippen molar-refractivity contribution in [1.29, 1.82) is 0 Å². The van der Waals surface area contributed by atoms with E-state index in [1.807, 2.05) is 0 Å². The van der Waals surface area contributed by atoms with E-state index in [2.05, 4.69) is 30.9 Å². The lowest BCUT2D eigenvalue weighted by atomic mass is 10.1. The lowest BCUT2D eigenvalue weighted by molar-refractivity contribution is -0.142. The summed E-state index contributed by atoms with van der Waals surface area (Å²) in [6.07, 6.45) is 2.66. The van der Waals surface area contributed by atoms with Gasteiger partial charge in [0.2, 0.25) is 23.6 Å². The minimum absolute atomic E-state index is 0.00108. The van der Waals surface area contributed by atoms with Gasteiger partial charge in [0.05, 0.1) is 19.0 Å². The number of imidazole rings is 1. The van der Waals surface area contributed by atoms with Crippen LogP contribution in [0.15, 0.2) is 17.5 Å². The number of hydrogen-bond acceptors (Lipinski definition) is 9. The van der Waals surface area contributed by atoms with E-state index in [0.29, 0.717) is 5.69 Å². The number of aliphatic hydroxyl groups is 1. The summed E-state index contributed by atoms with van der Waals surface area (Å²) in [7, 11) is 0. The minimum Gasteiger partial charge on any atom is -0.480 e. The van der Waals surface area contributed by atoms with Gasteiger partial charge in [0.15, 0.2) is 5.96 Å². The van der Waals surface area contributed by atoms with Crippen LogP contribution in [0.4, 0.5) is 0 Å². The number of carboxylic acid groups (broad SMARTS) is 1. The van der Waals surface area contributed by atoms with Crippen LogP contribution in [0.2, 0.25) is 0 Å². The molecule has 0 bridgehead atoms. The van der Waals surface area contributed by atoms with Crippen LogP contribution in [-0.2, 0) is 30.4 Å². The molecule has 1 heterocycles. The third kappa shape index (κ3) is 11.8.